The number of anilines is 1. The molecule has 0 aliphatic carbocycles. The zero-order valence-electron chi connectivity index (χ0n) is 15.2. The molecule has 1 N–H and O–H groups in total. The van der Waals surface area contributed by atoms with Gasteiger partial charge < -0.3 is 4.90 Å². The Kier molecular flexibility index (Phi) is 6.07. The van der Waals surface area contributed by atoms with Crippen molar-refractivity contribution in [2.45, 2.75) is 0 Å². The Labute approximate surface area is 180 Å². The predicted octanol–water partition coefficient (Wildman–Crippen LogP) is 3.45. The first-order chi connectivity index (χ1) is 13.3. The molecule has 6 nitrogen and oxygen atoms in total. The molecule has 0 saturated carbocycles. The minimum Gasteiger partial charge on any atom is -0.354 e. The maximum Gasteiger partial charge on any atom is 0.265 e. The minimum atomic E-state index is -0.517. The van der Waals surface area contributed by atoms with E-state index < -0.39 is 11.8 Å². The van der Waals surface area contributed by atoms with Crippen LogP contribution in [0.5, 0.6) is 0 Å². The first kappa shape index (κ1) is 20.4. The van der Waals surface area contributed by atoms with E-state index in [-0.39, 0.29) is 17.2 Å². The Morgan fingerprint density at radius 3 is 2.61 bits per heavy atom. The van der Waals surface area contributed by atoms with Gasteiger partial charge in [0.05, 0.1) is 10.6 Å². The van der Waals surface area contributed by atoms with Crippen LogP contribution in [0.15, 0.2) is 47.0 Å². The lowest BCUT2D eigenvalue weighted by Gasteiger charge is -2.27. The van der Waals surface area contributed by atoms with Crippen LogP contribution in [0, 0.1) is 0 Å². The normalized spacial score (nSPS) is 15.8. The average molecular weight is 477 g/mol. The summed E-state index contributed by atoms with van der Waals surface area (Å²) in [5, 5.41) is 3.41. The molecule has 0 bridgehead atoms. The fourth-order valence-electron chi connectivity index (χ4n) is 2.54. The third-order valence-corrected chi connectivity index (χ3v) is 5.94. The molecule has 0 atom stereocenters. The van der Waals surface area contributed by atoms with E-state index in [4.69, 9.17) is 12.2 Å². The zero-order chi connectivity index (χ0) is 20.4. The lowest BCUT2D eigenvalue weighted by Crippen LogP contribution is -2.53. The van der Waals surface area contributed by atoms with Crippen LogP contribution in [-0.2, 0) is 9.59 Å². The molecular weight excluding hydrogens is 460 g/mol. The number of carbonyl (C=O) groups excluding carboxylic acids is 2. The third kappa shape index (κ3) is 4.06. The molecule has 2 amide bonds. The number of thiocarbonyl (C=S) groups is 1. The number of aromatic nitrogens is 1. The summed E-state index contributed by atoms with van der Waals surface area (Å²) in [4.78, 5) is 33.8. The quantitative estimate of drug-likeness (QED) is 0.309. The maximum absolute atomic E-state index is 12.8. The molecule has 1 aliphatic rings. The summed E-state index contributed by atoms with van der Waals surface area (Å²) in [6.07, 6.45) is 3.14. The van der Waals surface area contributed by atoms with Crippen LogP contribution >= 0.6 is 39.5 Å². The van der Waals surface area contributed by atoms with E-state index in [1.54, 1.807) is 12.2 Å². The summed E-state index contributed by atoms with van der Waals surface area (Å²) >= 11 is 9.92. The molecule has 2 aromatic rings. The number of carbonyl (C=O) groups is 2. The Morgan fingerprint density at radius 1 is 1.32 bits per heavy atom. The second-order valence-corrected chi connectivity index (χ2v) is 8.44. The number of thiazole rings is 1. The predicted molar refractivity (Wildman–Crippen MR) is 120 cm³/mol. The number of nitrogens with one attached hydrogen (secondary N) is 1. The van der Waals surface area contributed by atoms with E-state index in [0.717, 1.165) is 20.0 Å². The maximum atomic E-state index is 12.8. The first-order valence-electron chi connectivity index (χ1n) is 8.25. The second kappa shape index (κ2) is 8.34. The monoisotopic (exact) mass is 476 g/mol. The van der Waals surface area contributed by atoms with Gasteiger partial charge in [-0.1, -0.05) is 45.5 Å². The highest BCUT2D eigenvalue weighted by Crippen LogP contribution is 2.35. The van der Waals surface area contributed by atoms with Gasteiger partial charge in [0.2, 0.25) is 0 Å². The van der Waals surface area contributed by atoms with Crippen LogP contribution in [0.1, 0.15) is 4.88 Å². The summed E-state index contributed by atoms with van der Waals surface area (Å²) < 4.78 is 0.953. The van der Waals surface area contributed by atoms with Crippen molar-refractivity contribution < 1.29 is 9.59 Å². The van der Waals surface area contributed by atoms with E-state index in [2.05, 4.69) is 32.8 Å². The van der Waals surface area contributed by atoms with Gasteiger partial charge in [-0.2, -0.15) is 0 Å². The summed E-state index contributed by atoms with van der Waals surface area (Å²) in [5.41, 5.74) is 1.61. The fourth-order valence-corrected chi connectivity index (χ4v) is 4.01. The number of rotatable bonds is 5. The molecule has 1 saturated heterocycles. The molecule has 144 valence electrons. The van der Waals surface area contributed by atoms with Gasteiger partial charge in [-0.25, -0.2) is 4.98 Å². The molecule has 1 aromatic carbocycles. The molecule has 1 aromatic heterocycles. The van der Waals surface area contributed by atoms with Gasteiger partial charge in [0.25, 0.3) is 11.8 Å². The van der Waals surface area contributed by atoms with E-state index >= 15 is 0 Å². The Hall–Kier alpha value is -2.36. The van der Waals surface area contributed by atoms with Crippen LogP contribution in [0.2, 0.25) is 0 Å². The molecule has 9 heteroatoms. The van der Waals surface area contributed by atoms with Gasteiger partial charge in [-0.3, -0.25) is 19.8 Å². The Bertz CT molecular complexity index is 996. The van der Waals surface area contributed by atoms with Crippen molar-refractivity contribution in [3.8, 4) is 11.3 Å². The number of hydrogen-bond acceptors (Lipinski definition) is 6. The van der Waals surface area contributed by atoms with Crippen molar-refractivity contribution >= 4 is 67.6 Å². The molecule has 2 heterocycles. The number of benzene rings is 1. The molecule has 0 spiro atoms. The van der Waals surface area contributed by atoms with Crippen LogP contribution < -0.4 is 10.2 Å². The average Bonchev–Trinajstić information content (AvgIpc) is 3.07. The highest BCUT2D eigenvalue weighted by molar-refractivity contribution is 9.10. The topological polar surface area (TPSA) is 65.5 Å². The lowest BCUT2D eigenvalue weighted by atomic mass is 10.1. The van der Waals surface area contributed by atoms with Crippen LogP contribution in [0.25, 0.3) is 17.3 Å². The van der Waals surface area contributed by atoms with Crippen molar-refractivity contribution in [3.05, 3.63) is 51.8 Å². The molecule has 3 rings (SSSR count). The highest BCUT2D eigenvalue weighted by atomic mass is 79.9. The van der Waals surface area contributed by atoms with Crippen LogP contribution in [0.3, 0.4) is 0 Å². The lowest BCUT2D eigenvalue weighted by molar-refractivity contribution is -0.128. The standard InChI is InChI=1S/C19H17BrN4O2S2/c1-4-9-24-17(26)13(16(25)22-18(24)27)10-14-15(21-19(28-14)23(2)3)11-5-7-12(20)8-6-11/h4-8,10H,1,9H2,2-3H3,(H,22,25,27)/b13-10+. The Morgan fingerprint density at radius 2 is 2.00 bits per heavy atom. The van der Waals surface area contributed by atoms with E-state index in [0.29, 0.717) is 5.69 Å². The van der Waals surface area contributed by atoms with Gasteiger partial charge in [0.1, 0.15) is 5.57 Å². The number of hydrogen-bond donors (Lipinski definition) is 1. The van der Waals surface area contributed by atoms with Crippen molar-refractivity contribution in [2.75, 3.05) is 25.5 Å². The second-order valence-electron chi connectivity index (χ2n) is 6.13. The summed E-state index contributed by atoms with van der Waals surface area (Å²) in [5.74, 6) is -0.966. The highest BCUT2D eigenvalue weighted by Gasteiger charge is 2.33. The molecule has 0 radical (unpaired) electrons. The van der Waals surface area contributed by atoms with Gasteiger partial charge in [-0.05, 0) is 30.4 Å². The molecule has 28 heavy (non-hydrogen) atoms. The van der Waals surface area contributed by atoms with E-state index in [1.807, 2.05) is 43.3 Å². The summed E-state index contributed by atoms with van der Waals surface area (Å²) in [6.45, 7) is 3.86. The largest absolute Gasteiger partial charge is 0.354 e. The van der Waals surface area contributed by atoms with Crippen molar-refractivity contribution in [1.82, 2.24) is 15.2 Å². The number of halogens is 1. The number of amides is 2. The Balaban J connectivity index is 2.10. The van der Waals surface area contributed by atoms with Gasteiger partial charge in [-0.15, -0.1) is 6.58 Å². The number of nitrogens with zero attached hydrogens (tertiary/aromatic N) is 3. The van der Waals surface area contributed by atoms with Crippen LogP contribution in [0.4, 0.5) is 5.13 Å². The molecule has 1 fully saturated rings. The zero-order valence-corrected chi connectivity index (χ0v) is 18.4. The summed E-state index contributed by atoms with van der Waals surface area (Å²) in [7, 11) is 3.79. The van der Waals surface area contributed by atoms with E-state index in [1.165, 1.54) is 16.2 Å². The molecule has 1 aliphatic heterocycles. The fraction of sp³-hybridized carbons (Fsp3) is 0.158. The van der Waals surface area contributed by atoms with Gasteiger partial charge >= 0.3 is 0 Å². The summed E-state index contributed by atoms with van der Waals surface area (Å²) in [6, 6.07) is 7.71. The van der Waals surface area contributed by atoms with E-state index in [9.17, 15) is 9.59 Å². The smallest absolute Gasteiger partial charge is 0.265 e. The SMILES string of the molecule is C=CCN1C(=O)/C(=C/c2sc(N(C)C)nc2-c2ccc(Br)cc2)C(=O)NC1=S. The first-order valence-corrected chi connectivity index (χ1v) is 10.3. The van der Waals surface area contributed by atoms with Gasteiger partial charge in [0, 0.05) is 30.7 Å². The van der Waals surface area contributed by atoms with Crippen molar-refractivity contribution in [3.63, 3.8) is 0 Å². The molecule has 0 unspecified atom stereocenters. The third-order valence-electron chi connectivity index (χ3n) is 3.92. The van der Waals surface area contributed by atoms with Crippen molar-refractivity contribution in [1.29, 1.82) is 0 Å². The minimum absolute atomic E-state index is 0.0165. The molecular formula is C19H17BrN4O2S2. The van der Waals surface area contributed by atoms with Crippen molar-refractivity contribution in [2.24, 2.45) is 0 Å². The van der Waals surface area contributed by atoms with Crippen LogP contribution in [-0.4, -0.2) is 47.5 Å². The van der Waals surface area contributed by atoms with Gasteiger partial charge in [0.15, 0.2) is 10.2 Å².